The Morgan fingerprint density at radius 3 is 2.65 bits per heavy atom. The summed E-state index contributed by atoms with van der Waals surface area (Å²) >= 11 is 1.48. The van der Waals surface area contributed by atoms with Crippen molar-refractivity contribution in [3.05, 3.63) is 36.5 Å². The summed E-state index contributed by atoms with van der Waals surface area (Å²) in [6.07, 6.45) is 1.68. The molecule has 1 aromatic carbocycles. The Bertz CT molecular complexity index is 531. The molecule has 1 unspecified atom stereocenters. The van der Waals surface area contributed by atoms with Crippen molar-refractivity contribution in [2.75, 3.05) is 26.4 Å². The Morgan fingerprint density at radius 1 is 1.48 bits per heavy atom. The summed E-state index contributed by atoms with van der Waals surface area (Å²) in [7, 11) is 7.81. The zero-order valence-electron chi connectivity index (χ0n) is 13.8. The molecule has 1 heterocycles. The van der Waals surface area contributed by atoms with Crippen molar-refractivity contribution in [2.45, 2.75) is 20.0 Å². The van der Waals surface area contributed by atoms with Crippen molar-refractivity contribution in [2.24, 2.45) is 0 Å². The molecular formula is C16H23ClN2O2RuS-. The van der Waals surface area contributed by atoms with Crippen molar-refractivity contribution >= 4 is 32.0 Å². The first-order valence-corrected chi connectivity index (χ1v) is 11.6. The van der Waals surface area contributed by atoms with Crippen LogP contribution < -0.4 is 4.74 Å². The zero-order chi connectivity index (χ0) is 17.2. The molecule has 0 bridgehead atoms. The van der Waals surface area contributed by atoms with E-state index in [9.17, 15) is 4.79 Å². The van der Waals surface area contributed by atoms with Gasteiger partial charge in [-0.1, -0.05) is 0 Å². The monoisotopic (exact) mass is 444 g/mol. The number of rotatable bonds is 5. The van der Waals surface area contributed by atoms with E-state index in [-0.39, 0.29) is 21.5 Å². The van der Waals surface area contributed by atoms with Gasteiger partial charge in [-0.2, -0.15) is 6.67 Å². The molecule has 1 saturated heterocycles. The molecule has 1 aromatic rings. The summed E-state index contributed by atoms with van der Waals surface area (Å²) in [6.45, 7) is 7.72. The van der Waals surface area contributed by atoms with Crippen LogP contribution in [0.5, 0.6) is 5.75 Å². The Balaban J connectivity index is 0.000000277. The third-order valence-corrected chi connectivity index (χ3v) is 5.11. The first kappa shape index (κ1) is 20.8. The maximum absolute atomic E-state index is 11.1. The average Bonchev–Trinajstić information content (AvgIpc) is 2.96. The summed E-state index contributed by atoms with van der Waals surface area (Å²) < 4.78 is 9.70. The maximum atomic E-state index is 11.1. The quantitative estimate of drug-likeness (QED) is 0.397. The molecule has 131 valence electrons. The van der Waals surface area contributed by atoms with Crippen LogP contribution in [0.25, 0.3) is 0 Å². The third kappa shape index (κ3) is 7.91. The van der Waals surface area contributed by atoms with Crippen molar-refractivity contribution in [3.63, 3.8) is 0 Å². The van der Waals surface area contributed by atoms with E-state index in [4.69, 9.17) is 14.4 Å². The average molecular weight is 444 g/mol. The second kappa shape index (κ2) is 11.3. The predicted molar refractivity (Wildman–Crippen MR) is 95.4 cm³/mol. The number of Topliss-reactive ketones (excluding diaryl/α,β-unsaturated/α-hetero) is 1. The molecule has 0 spiro atoms. The first-order valence-electron chi connectivity index (χ1n) is 7.15. The standard InChI is InChI=1S/C11H12O2.C5H11N2S.ClH.Ru/c1-8-6-4-5-7-11(8)13-10(3)9(2)12;1-6-3-4-7(5-6)8-2;;/h1,4-7,10H,2-3H3;5H,3-4H2,1-2H3;1H;/q;-1;;+1/p-1. The van der Waals surface area contributed by atoms with E-state index in [0.29, 0.717) is 0 Å². The molecule has 4 nitrogen and oxygen atoms in total. The van der Waals surface area contributed by atoms with Crippen molar-refractivity contribution in [3.8, 4) is 5.75 Å². The first-order chi connectivity index (χ1) is 11.0. The third-order valence-electron chi connectivity index (χ3n) is 3.18. The van der Waals surface area contributed by atoms with Gasteiger partial charge in [-0.05, 0) is 26.4 Å². The predicted octanol–water partition coefficient (Wildman–Crippen LogP) is 3.06. The van der Waals surface area contributed by atoms with E-state index in [1.807, 2.05) is 28.9 Å². The SMILES string of the molecule is CC(=O)C(C)Oc1ccccc1[CH]=[Ru][Cl].CSN1[CH-]N(C)CC1. The summed E-state index contributed by atoms with van der Waals surface area (Å²) in [5.41, 5.74) is 0.957. The molecule has 1 aliphatic heterocycles. The van der Waals surface area contributed by atoms with E-state index in [1.165, 1.54) is 13.5 Å². The van der Waals surface area contributed by atoms with Gasteiger partial charge in [-0.15, -0.1) is 11.9 Å². The zero-order valence-corrected chi connectivity index (χ0v) is 17.1. The molecule has 0 amide bonds. The number of benzene rings is 1. The smallest absolute Gasteiger partial charge is 0.00595 e. The van der Waals surface area contributed by atoms with Gasteiger partial charge in [-0.3, -0.25) is 0 Å². The van der Waals surface area contributed by atoms with Crippen LogP contribution in [0.3, 0.4) is 0 Å². The van der Waals surface area contributed by atoms with Crippen LogP contribution >= 0.6 is 21.6 Å². The molecule has 0 saturated carbocycles. The number of carbonyl (C=O) groups is 1. The van der Waals surface area contributed by atoms with Crippen LogP contribution in [0, 0.1) is 6.67 Å². The Morgan fingerprint density at radius 2 is 2.17 bits per heavy atom. The minimum absolute atomic E-state index is 0.0172. The Labute approximate surface area is 154 Å². The fraction of sp³-hybridized carbons (Fsp3) is 0.438. The van der Waals surface area contributed by atoms with Gasteiger partial charge < -0.3 is 9.21 Å². The summed E-state index contributed by atoms with van der Waals surface area (Å²) in [6, 6.07) is 7.58. The minimum Gasteiger partial charge on any atom is -0.443 e. The van der Waals surface area contributed by atoms with Crippen molar-refractivity contribution in [1.29, 1.82) is 0 Å². The topological polar surface area (TPSA) is 32.8 Å². The van der Waals surface area contributed by atoms with E-state index in [1.54, 1.807) is 18.9 Å². The molecule has 0 N–H and O–H groups in total. The van der Waals surface area contributed by atoms with Crippen LogP contribution in [0.2, 0.25) is 0 Å². The second-order valence-electron chi connectivity index (χ2n) is 5.01. The van der Waals surface area contributed by atoms with Crippen LogP contribution in [0.4, 0.5) is 0 Å². The fourth-order valence-corrected chi connectivity index (χ4v) is 3.35. The van der Waals surface area contributed by atoms with Gasteiger partial charge in [0.25, 0.3) is 0 Å². The molecule has 1 fully saturated rings. The normalized spacial score (nSPS) is 17.3. The number of halogens is 1. The van der Waals surface area contributed by atoms with Gasteiger partial charge in [0.15, 0.2) is 0 Å². The number of nitrogens with zero attached hydrogens (tertiary/aromatic N) is 2. The van der Waals surface area contributed by atoms with Gasteiger partial charge in [0.05, 0.1) is 0 Å². The number of para-hydroxylation sites is 1. The van der Waals surface area contributed by atoms with Crippen molar-refractivity contribution < 1.29 is 25.2 Å². The summed E-state index contributed by atoms with van der Waals surface area (Å²) in [4.78, 5) is 13.3. The summed E-state index contributed by atoms with van der Waals surface area (Å²) in [5.74, 6) is 0.735. The maximum Gasteiger partial charge on any atom is -0.00595 e. The second-order valence-corrected chi connectivity index (χ2v) is 7.64. The molecule has 2 rings (SSSR count). The van der Waals surface area contributed by atoms with E-state index in [0.717, 1.165) is 17.9 Å². The molecule has 7 heteroatoms. The number of ketones is 1. The number of hydrogen-bond acceptors (Lipinski definition) is 5. The molecule has 0 aliphatic carbocycles. The van der Waals surface area contributed by atoms with Crippen molar-refractivity contribution in [1.82, 2.24) is 9.21 Å². The van der Waals surface area contributed by atoms with Crippen LogP contribution in [0.15, 0.2) is 24.3 Å². The van der Waals surface area contributed by atoms with E-state index < -0.39 is 6.10 Å². The van der Waals surface area contributed by atoms with Gasteiger partial charge in [0.2, 0.25) is 0 Å². The van der Waals surface area contributed by atoms with Crippen LogP contribution in [-0.4, -0.2) is 52.1 Å². The molecule has 0 radical (unpaired) electrons. The number of carbonyl (C=O) groups excluding carboxylic acids is 1. The minimum atomic E-state index is -0.411. The molecule has 1 aliphatic rings. The number of hydrogen-bond donors (Lipinski definition) is 0. The van der Waals surface area contributed by atoms with Gasteiger partial charge >= 0.3 is 101 Å². The molecule has 0 aromatic heterocycles. The largest absolute Gasteiger partial charge is 0.443 e. The Hall–Kier alpha value is -0.257. The Kier molecular flexibility index (Phi) is 10.2. The molecule has 23 heavy (non-hydrogen) atoms. The number of likely N-dealkylation sites (N-methyl/N-ethyl adjacent to an activating group) is 1. The van der Waals surface area contributed by atoms with Crippen LogP contribution in [0.1, 0.15) is 19.4 Å². The number of ether oxygens (including phenoxy) is 1. The molecule has 1 atom stereocenters. The van der Waals surface area contributed by atoms with Crippen LogP contribution in [-0.2, 0) is 20.5 Å². The van der Waals surface area contributed by atoms with Gasteiger partial charge in [0.1, 0.15) is 0 Å². The fourth-order valence-electron chi connectivity index (χ4n) is 1.72. The van der Waals surface area contributed by atoms with E-state index >= 15 is 0 Å². The molecular weight excluding hydrogens is 421 g/mol. The van der Waals surface area contributed by atoms with Gasteiger partial charge in [-0.25, -0.2) is 0 Å². The summed E-state index contributed by atoms with van der Waals surface area (Å²) in [5, 5.41) is 0. The van der Waals surface area contributed by atoms with E-state index in [2.05, 4.69) is 29.2 Å². The van der Waals surface area contributed by atoms with Gasteiger partial charge in [0, 0.05) is 0 Å².